The molecule has 2 aromatic rings. The Morgan fingerprint density at radius 3 is 2.63 bits per heavy atom. The van der Waals surface area contributed by atoms with E-state index in [1.54, 1.807) is 27.0 Å². The van der Waals surface area contributed by atoms with Gasteiger partial charge in [0.05, 0.1) is 17.4 Å². The van der Waals surface area contributed by atoms with E-state index in [9.17, 15) is 14.0 Å². The van der Waals surface area contributed by atoms with Crippen LogP contribution in [0.5, 0.6) is 0 Å². The molecule has 0 aliphatic heterocycles. The maximum absolute atomic E-state index is 14.2. The second-order valence-electron chi connectivity index (χ2n) is 7.55. The summed E-state index contributed by atoms with van der Waals surface area (Å²) in [7, 11) is 1.71. The molecule has 0 spiro atoms. The van der Waals surface area contributed by atoms with Crippen molar-refractivity contribution < 1.29 is 14.0 Å². The summed E-state index contributed by atoms with van der Waals surface area (Å²) in [5.74, 6) is -0.697. The number of rotatable bonds is 9. The number of amides is 2. The fourth-order valence-corrected chi connectivity index (χ4v) is 3.15. The average Bonchev–Trinajstić information content (AvgIpc) is 3.52. The van der Waals surface area contributed by atoms with E-state index in [1.165, 1.54) is 12.1 Å². The number of aryl methyl sites for hydroxylation is 1. The first-order valence-corrected chi connectivity index (χ1v) is 9.98. The zero-order valence-corrected chi connectivity index (χ0v) is 17.4. The molecule has 3 rings (SSSR count). The van der Waals surface area contributed by atoms with Gasteiger partial charge < -0.3 is 21.7 Å². The number of nitrogens with zero attached hydrogens (tertiary/aromatic N) is 2. The highest BCUT2D eigenvalue weighted by Crippen LogP contribution is 2.41. The standard InChI is InChI=1S/C21H27FN6O2/c1-11-17(14-4-5-14)28-20(18(26-11)19(23)29)27-16-9-13(8-15(22)10-16)6-7-25-21(30)12(2)24-3/h8-10,12,14,24H,4-7H2,1-3H3,(H2,23,29)(H,25,30)(H,27,28)/t12-/m0/s1. The van der Waals surface area contributed by atoms with Gasteiger partial charge in [-0.2, -0.15) is 0 Å². The van der Waals surface area contributed by atoms with Crippen LogP contribution in [0.25, 0.3) is 0 Å². The second kappa shape index (κ2) is 9.17. The van der Waals surface area contributed by atoms with Crippen molar-refractivity contribution in [2.24, 2.45) is 5.73 Å². The monoisotopic (exact) mass is 414 g/mol. The highest BCUT2D eigenvalue weighted by molar-refractivity contribution is 5.96. The van der Waals surface area contributed by atoms with Gasteiger partial charge in [-0.3, -0.25) is 9.59 Å². The summed E-state index contributed by atoms with van der Waals surface area (Å²) in [5, 5.41) is 8.66. The molecule has 1 aromatic heterocycles. The van der Waals surface area contributed by atoms with Crippen molar-refractivity contribution >= 4 is 23.3 Å². The Morgan fingerprint density at radius 2 is 2.00 bits per heavy atom. The molecule has 0 unspecified atom stereocenters. The lowest BCUT2D eigenvalue weighted by Gasteiger charge is -2.14. The second-order valence-corrected chi connectivity index (χ2v) is 7.55. The van der Waals surface area contributed by atoms with E-state index >= 15 is 0 Å². The number of nitrogens with two attached hydrogens (primary N) is 1. The van der Waals surface area contributed by atoms with Crippen LogP contribution < -0.4 is 21.7 Å². The summed E-state index contributed by atoms with van der Waals surface area (Å²) in [6.07, 6.45) is 2.52. The van der Waals surface area contributed by atoms with Crippen LogP contribution in [0, 0.1) is 12.7 Å². The number of hydrogen-bond donors (Lipinski definition) is 4. The molecule has 0 radical (unpaired) electrons. The van der Waals surface area contributed by atoms with Gasteiger partial charge in [0.25, 0.3) is 5.91 Å². The van der Waals surface area contributed by atoms with Gasteiger partial charge in [0.2, 0.25) is 5.91 Å². The van der Waals surface area contributed by atoms with Crippen LogP contribution >= 0.6 is 0 Å². The van der Waals surface area contributed by atoms with Crippen molar-refractivity contribution in [2.75, 3.05) is 18.9 Å². The number of halogens is 1. The highest BCUT2D eigenvalue weighted by atomic mass is 19.1. The maximum atomic E-state index is 14.2. The SMILES string of the molecule is CN[C@@H](C)C(=O)NCCc1cc(F)cc(Nc2nc(C3CC3)c(C)nc2C(N)=O)c1. The number of carbonyl (C=O) groups is 2. The van der Waals surface area contributed by atoms with Crippen LogP contribution in [0.1, 0.15) is 53.1 Å². The number of primary amides is 1. The zero-order chi connectivity index (χ0) is 21.8. The molecule has 9 heteroatoms. The lowest BCUT2D eigenvalue weighted by atomic mass is 10.1. The zero-order valence-electron chi connectivity index (χ0n) is 17.4. The largest absolute Gasteiger partial charge is 0.364 e. The normalized spacial score (nSPS) is 14.3. The van der Waals surface area contributed by atoms with Crippen molar-refractivity contribution in [1.29, 1.82) is 0 Å². The molecule has 0 saturated heterocycles. The Bertz CT molecular complexity index is 961. The van der Waals surface area contributed by atoms with E-state index in [4.69, 9.17) is 5.73 Å². The van der Waals surface area contributed by atoms with Gasteiger partial charge in [0.15, 0.2) is 11.5 Å². The highest BCUT2D eigenvalue weighted by Gasteiger charge is 2.29. The summed E-state index contributed by atoms with van der Waals surface area (Å²) in [5.41, 5.74) is 8.13. The van der Waals surface area contributed by atoms with E-state index in [0.717, 1.165) is 18.5 Å². The lowest BCUT2D eigenvalue weighted by Crippen LogP contribution is -2.41. The number of anilines is 2. The summed E-state index contributed by atoms with van der Waals surface area (Å²) < 4.78 is 14.2. The first kappa shape index (κ1) is 21.6. The first-order valence-electron chi connectivity index (χ1n) is 9.98. The molecule has 1 fully saturated rings. The fourth-order valence-electron chi connectivity index (χ4n) is 3.15. The molecule has 1 aliphatic carbocycles. The summed E-state index contributed by atoms with van der Waals surface area (Å²) >= 11 is 0. The summed E-state index contributed by atoms with van der Waals surface area (Å²) in [6.45, 7) is 3.94. The van der Waals surface area contributed by atoms with E-state index in [2.05, 4.69) is 25.9 Å². The van der Waals surface area contributed by atoms with Crippen LogP contribution in [-0.4, -0.2) is 41.4 Å². The number of aromatic nitrogens is 2. The molecule has 1 heterocycles. The van der Waals surface area contributed by atoms with Gasteiger partial charge in [-0.15, -0.1) is 0 Å². The quantitative estimate of drug-likeness (QED) is 0.497. The number of nitrogens with one attached hydrogen (secondary N) is 3. The summed E-state index contributed by atoms with van der Waals surface area (Å²) in [6, 6.07) is 4.17. The first-order chi connectivity index (χ1) is 14.3. The van der Waals surface area contributed by atoms with E-state index in [0.29, 0.717) is 35.8 Å². The molecule has 8 nitrogen and oxygen atoms in total. The van der Waals surface area contributed by atoms with Crippen molar-refractivity contribution in [1.82, 2.24) is 20.6 Å². The van der Waals surface area contributed by atoms with Crippen LogP contribution in [0.3, 0.4) is 0 Å². The summed E-state index contributed by atoms with van der Waals surface area (Å²) in [4.78, 5) is 32.6. The van der Waals surface area contributed by atoms with E-state index in [1.807, 2.05) is 0 Å². The minimum absolute atomic E-state index is 0.0241. The fraction of sp³-hybridized carbons (Fsp3) is 0.429. The number of likely N-dealkylation sites (N-methyl/N-ethyl adjacent to an activating group) is 1. The van der Waals surface area contributed by atoms with Gasteiger partial charge in [0.1, 0.15) is 5.82 Å². The lowest BCUT2D eigenvalue weighted by molar-refractivity contribution is -0.122. The number of carbonyl (C=O) groups excluding carboxylic acids is 2. The predicted molar refractivity (Wildman–Crippen MR) is 112 cm³/mol. The Hall–Kier alpha value is -3.07. The van der Waals surface area contributed by atoms with Crippen molar-refractivity contribution in [3.63, 3.8) is 0 Å². The smallest absolute Gasteiger partial charge is 0.271 e. The molecule has 2 amide bonds. The van der Waals surface area contributed by atoms with Crippen molar-refractivity contribution in [3.8, 4) is 0 Å². The predicted octanol–water partition coefficient (Wildman–Crippen LogP) is 1.91. The van der Waals surface area contributed by atoms with E-state index < -0.39 is 11.7 Å². The van der Waals surface area contributed by atoms with E-state index in [-0.39, 0.29) is 23.5 Å². The minimum Gasteiger partial charge on any atom is -0.364 e. The molecule has 1 saturated carbocycles. The maximum Gasteiger partial charge on any atom is 0.271 e. The third-order valence-corrected chi connectivity index (χ3v) is 5.06. The average molecular weight is 414 g/mol. The molecule has 1 aromatic carbocycles. The van der Waals surface area contributed by atoms with Crippen molar-refractivity contribution in [3.05, 3.63) is 46.7 Å². The number of hydrogen-bond acceptors (Lipinski definition) is 6. The molecule has 1 atom stereocenters. The van der Waals surface area contributed by atoms with Crippen LogP contribution in [-0.2, 0) is 11.2 Å². The Morgan fingerprint density at radius 1 is 1.27 bits per heavy atom. The van der Waals surface area contributed by atoms with Gasteiger partial charge in [0, 0.05) is 18.2 Å². The molecule has 30 heavy (non-hydrogen) atoms. The third kappa shape index (κ3) is 5.29. The van der Waals surface area contributed by atoms with Crippen molar-refractivity contribution in [2.45, 2.75) is 45.1 Å². The Kier molecular flexibility index (Phi) is 6.61. The molecule has 1 aliphatic rings. The molecular weight excluding hydrogens is 387 g/mol. The van der Waals surface area contributed by atoms with Crippen LogP contribution in [0.2, 0.25) is 0 Å². The van der Waals surface area contributed by atoms with Crippen LogP contribution in [0.15, 0.2) is 18.2 Å². The van der Waals surface area contributed by atoms with Gasteiger partial charge in [-0.05, 0) is 63.9 Å². The van der Waals surface area contributed by atoms with Crippen LogP contribution in [0.4, 0.5) is 15.9 Å². The van der Waals surface area contributed by atoms with Gasteiger partial charge in [-0.25, -0.2) is 14.4 Å². The molecular formula is C21H27FN6O2. The van der Waals surface area contributed by atoms with Gasteiger partial charge in [-0.1, -0.05) is 0 Å². The number of benzene rings is 1. The molecule has 160 valence electrons. The third-order valence-electron chi connectivity index (χ3n) is 5.06. The Balaban J connectivity index is 1.78. The Labute approximate surface area is 174 Å². The molecule has 0 bridgehead atoms. The molecule has 5 N–H and O–H groups in total. The van der Waals surface area contributed by atoms with Gasteiger partial charge >= 0.3 is 0 Å². The topological polar surface area (TPSA) is 122 Å². The minimum atomic E-state index is -0.701.